The van der Waals surface area contributed by atoms with Gasteiger partial charge in [0.15, 0.2) is 0 Å². The van der Waals surface area contributed by atoms with Crippen molar-refractivity contribution < 1.29 is 9.53 Å². The summed E-state index contributed by atoms with van der Waals surface area (Å²) in [6.07, 6.45) is 0. The minimum absolute atomic E-state index is 0.0262. The highest BCUT2D eigenvalue weighted by Crippen LogP contribution is 2.38. The number of hydrogen-bond acceptors (Lipinski definition) is 3. The average Bonchev–Trinajstić information content (AvgIpc) is 3.14. The van der Waals surface area contributed by atoms with Crippen LogP contribution in [0.5, 0.6) is 5.75 Å². The van der Waals surface area contributed by atoms with E-state index in [1.807, 2.05) is 44.2 Å². The molecule has 4 aromatic rings. The zero-order valence-electron chi connectivity index (χ0n) is 18.0. The van der Waals surface area contributed by atoms with Crippen molar-refractivity contribution in [3.63, 3.8) is 0 Å². The molecule has 5 heteroatoms. The minimum atomic E-state index is -0.0262. The molecule has 0 aliphatic carbocycles. The van der Waals surface area contributed by atoms with Crippen LogP contribution in [0.2, 0.25) is 0 Å². The summed E-state index contributed by atoms with van der Waals surface area (Å²) in [5, 5.41) is 4.25. The number of aromatic amines is 1. The van der Waals surface area contributed by atoms with Gasteiger partial charge in [0.2, 0.25) is 0 Å². The number of amides is 1. The van der Waals surface area contributed by atoms with Gasteiger partial charge in [0.05, 0.1) is 12.8 Å². The fourth-order valence-electron chi connectivity index (χ4n) is 3.75. The number of thioether (sulfide) groups is 1. The molecule has 0 spiro atoms. The maximum absolute atomic E-state index is 12.5. The van der Waals surface area contributed by atoms with Gasteiger partial charge in [0.1, 0.15) is 5.75 Å². The van der Waals surface area contributed by atoms with E-state index in [1.165, 1.54) is 10.3 Å². The Morgan fingerprint density at radius 3 is 2.42 bits per heavy atom. The average molecular weight is 431 g/mol. The molecule has 0 saturated heterocycles. The Morgan fingerprint density at radius 1 is 1.00 bits per heavy atom. The Kier molecular flexibility index (Phi) is 6.33. The summed E-state index contributed by atoms with van der Waals surface area (Å²) in [7, 11) is 1.67. The molecule has 1 aromatic heterocycles. The van der Waals surface area contributed by atoms with Gasteiger partial charge in [-0.2, -0.15) is 0 Å². The zero-order chi connectivity index (χ0) is 21.8. The predicted molar refractivity (Wildman–Crippen MR) is 129 cm³/mol. The molecular weight excluding hydrogens is 404 g/mol. The number of methoxy groups -OCH3 is 1. The van der Waals surface area contributed by atoms with Crippen molar-refractivity contribution in [3.8, 4) is 17.0 Å². The van der Waals surface area contributed by atoms with Crippen molar-refractivity contribution >= 4 is 28.6 Å². The molecule has 0 unspecified atom stereocenters. The number of ether oxygens (including phenoxy) is 1. The quantitative estimate of drug-likeness (QED) is 0.280. The number of hydrogen-bond donors (Lipinski definition) is 2. The summed E-state index contributed by atoms with van der Waals surface area (Å²) >= 11 is 1.75. The van der Waals surface area contributed by atoms with Gasteiger partial charge in [-0.1, -0.05) is 35.4 Å². The molecule has 0 radical (unpaired) electrons. The lowest BCUT2D eigenvalue weighted by atomic mass is 10.1. The highest BCUT2D eigenvalue weighted by Gasteiger charge is 2.14. The third-order valence-electron chi connectivity index (χ3n) is 5.16. The number of benzene rings is 3. The Hall–Kier alpha value is -3.18. The van der Waals surface area contributed by atoms with E-state index < -0.39 is 0 Å². The van der Waals surface area contributed by atoms with E-state index in [4.69, 9.17) is 4.74 Å². The van der Waals surface area contributed by atoms with Gasteiger partial charge >= 0.3 is 0 Å². The number of H-pyrrole nitrogens is 1. The van der Waals surface area contributed by atoms with Gasteiger partial charge in [-0.25, -0.2) is 0 Å². The number of carbonyl (C=O) groups excluding carboxylic acids is 1. The smallest absolute Gasteiger partial charge is 0.251 e. The number of aryl methyl sites for hydroxylation is 2. The number of aromatic nitrogens is 1. The monoisotopic (exact) mass is 430 g/mol. The summed E-state index contributed by atoms with van der Waals surface area (Å²) in [6.45, 7) is 4.62. The van der Waals surface area contributed by atoms with Gasteiger partial charge in [-0.05, 0) is 61.9 Å². The number of para-hydroxylation sites is 1. The van der Waals surface area contributed by atoms with Gasteiger partial charge in [-0.15, -0.1) is 11.8 Å². The zero-order valence-corrected chi connectivity index (χ0v) is 18.8. The molecule has 4 nitrogen and oxygen atoms in total. The largest absolute Gasteiger partial charge is 0.497 e. The highest BCUT2D eigenvalue weighted by molar-refractivity contribution is 7.99. The van der Waals surface area contributed by atoms with Gasteiger partial charge in [0, 0.05) is 33.7 Å². The second kappa shape index (κ2) is 9.31. The summed E-state index contributed by atoms with van der Waals surface area (Å²) in [5.41, 5.74) is 6.22. The van der Waals surface area contributed by atoms with Gasteiger partial charge in [0.25, 0.3) is 5.91 Å². The van der Waals surface area contributed by atoms with Crippen LogP contribution in [0, 0.1) is 13.8 Å². The maximum Gasteiger partial charge on any atom is 0.251 e. The third kappa shape index (κ3) is 4.78. The first-order valence-corrected chi connectivity index (χ1v) is 11.3. The molecule has 4 rings (SSSR count). The standard InChI is InChI=1S/C26H26N2O2S/c1-17-14-18(2)16-20(15-17)26(29)27-12-13-31-25-22-6-4-5-7-23(22)28-24(25)19-8-10-21(30-3)11-9-19/h4-11,14-16,28H,12-13H2,1-3H3,(H,27,29). The number of fused-ring (bicyclic) bond motifs is 1. The second-order valence-corrected chi connectivity index (χ2v) is 8.69. The molecular formula is C26H26N2O2S. The molecule has 158 valence electrons. The molecule has 3 aromatic carbocycles. The Labute approximate surface area is 187 Å². The van der Waals surface area contributed by atoms with Crippen LogP contribution in [0.25, 0.3) is 22.2 Å². The van der Waals surface area contributed by atoms with Crippen LogP contribution in [0.4, 0.5) is 0 Å². The molecule has 31 heavy (non-hydrogen) atoms. The summed E-state index contributed by atoms with van der Waals surface area (Å²) < 4.78 is 5.29. The summed E-state index contributed by atoms with van der Waals surface area (Å²) in [6, 6.07) is 22.3. The van der Waals surface area contributed by atoms with Crippen molar-refractivity contribution in [3.05, 3.63) is 83.4 Å². The van der Waals surface area contributed by atoms with Crippen molar-refractivity contribution in [2.75, 3.05) is 19.4 Å². The maximum atomic E-state index is 12.5. The molecule has 0 fully saturated rings. The Morgan fingerprint density at radius 2 is 1.71 bits per heavy atom. The molecule has 1 amide bonds. The lowest BCUT2D eigenvalue weighted by Crippen LogP contribution is -2.25. The number of nitrogens with one attached hydrogen (secondary N) is 2. The lowest BCUT2D eigenvalue weighted by molar-refractivity contribution is 0.0956. The molecule has 0 atom stereocenters. The first-order chi connectivity index (χ1) is 15.0. The van der Waals surface area contributed by atoms with Crippen LogP contribution in [-0.4, -0.2) is 30.3 Å². The Balaban J connectivity index is 1.49. The summed E-state index contributed by atoms with van der Waals surface area (Å²) in [5.74, 6) is 1.59. The van der Waals surface area contributed by atoms with Crippen LogP contribution in [-0.2, 0) is 0 Å². The first kappa shape index (κ1) is 21.1. The highest BCUT2D eigenvalue weighted by atomic mass is 32.2. The molecule has 0 aliphatic rings. The van der Waals surface area contributed by atoms with Crippen molar-refractivity contribution in [1.29, 1.82) is 0 Å². The topological polar surface area (TPSA) is 54.1 Å². The van der Waals surface area contributed by atoms with Gasteiger partial charge in [-0.3, -0.25) is 4.79 Å². The molecule has 0 bridgehead atoms. The van der Waals surface area contributed by atoms with E-state index >= 15 is 0 Å². The molecule has 1 heterocycles. The van der Waals surface area contributed by atoms with E-state index in [2.05, 4.69) is 46.7 Å². The molecule has 0 aliphatic heterocycles. The van der Waals surface area contributed by atoms with E-state index in [9.17, 15) is 4.79 Å². The lowest BCUT2D eigenvalue weighted by Gasteiger charge is -2.09. The van der Waals surface area contributed by atoms with E-state index in [0.29, 0.717) is 12.1 Å². The molecule has 0 saturated carbocycles. The summed E-state index contributed by atoms with van der Waals surface area (Å²) in [4.78, 5) is 17.3. The van der Waals surface area contributed by atoms with Gasteiger partial charge < -0.3 is 15.0 Å². The van der Waals surface area contributed by atoms with Crippen molar-refractivity contribution in [2.45, 2.75) is 18.7 Å². The van der Waals surface area contributed by atoms with Crippen molar-refractivity contribution in [1.82, 2.24) is 10.3 Å². The number of rotatable bonds is 7. The fourth-order valence-corrected chi connectivity index (χ4v) is 4.81. The van der Waals surface area contributed by atoms with Crippen LogP contribution in [0.1, 0.15) is 21.5 Å². The van der Waals surface area contributed by atoms with E-state index in [0.717, 1.165) is 39.4 Å². The predicted octanol–water partition coefficient (Wildman–Crippen LogP) is 5.98. The van der Waals surface area contributed by atoms with Crippen LogP contribution in [0.3, 0.4) is 0 Å². The normalized spacial score (nSPS) is 10.9. The van der Waals surface area contributed by atoms with E-state index in [-0.39, 0.29) is 5.91 Å². The van der Waals surface area contributed by atoms with E-state index in [1.54, 1.807) is 18.9 Å². The third-order valence-corrected chi connectivity index (χ3v) is 6.28. The van der Waals surface area contributed by atoms with Crippen LogP contribution in [0.15, 0.2) is 71.6 Å². The fraction of sp³-hybridized carbons (Fsp3) is 0.192. The first-order valence-electron chi connectivity index (χ1n) is 10.3. The molecule has 2 N–H and O–H groups in total. The second-order valence-electron chi connectivity index (χ2n) is 7.58. The van der Waals surface area contributed by atoms with Crippen LogP contribution >= 0.6 is 11.8 Å². The van der Waals surface area contributed by atoms with Crippen LogP contribution < -0.4 is 10.1 Å². The van der Waals surface area contributed by atoms with Crippen molar-refractivity contribution in [2.24, 2.45) is 0 Å². The SMILES string of the molecule is COc1ccc(-c2[nH]c3ccccc3c2SCCNC(=O)c2cc(C)cc(C)c2)cc1. The number of carbonyl (C=O) groups is 1. The minimum Gasteiger partial charge on any atom is -0.497 e. The Bertz CT molecular complexity index is 1190.